The largest absolute Gasteiger partial charge is 0.508 e. The minimum Gasteiger partial charge on any atom is -0.508 e. The van der Waals surface area contributed by atoms with Crippen molar-refractivity contribution >= 4 is 23.0 Å². The first-order valence-electron chi connectivity index (χ1n) is 7.03. The number of halogens is 1. The molecule has 0 amide bonds. The highest BCUT2D eigenvalue weighted by atomic mass is 35.5. The highest BCUT2D eigenvalue weighted by Gasteiger charge is 2.24. The number of hydrogen-bond donors (Lipinski definition) is 1. The van der Waals surface area contributed by atoms with Crippen molar-refractivity contribution in [3.8, 4) is 11.5 Å². The van der Waals surface area contributed by atoms with E-state index in [-0.39, 0.29) is 12.6 Å². The van der Waals surface area contributed by atoms with Gasteiger partial charge in [-0.05, 0) is 29.8 Å². The lowest BCUT2D eigenvalue weighted by Gasteiger charge is -2.29. The van der Waals surface area contributed by atoms with Gasteiger partial charge < -0.3 is 19.5 Å². The molecule has 4 rings (SSSR count). The van der Waals surface area contributed by atoms with Crippen LogP contribution in [-0.2, 0) is 6.54 Å². The molecule has 0 fully saturated rings. The Hall–Kier alpha value is -2.33. The molecule has 0 aromatic heterocycles. The summed E-state index contributed by atoms with van der Waals surface area (Å²) in [5, 5.41) is 10.9. The van der Waals surface area contributed by atoms with E-state index in [0.717, 1.165) is 34.1 Å². The summed E-state index contributed by atoms with van der Waals surface area (Å²) in [4.78, 5) is 2.18. The SMILES string of the molecule is OC1=CCN(Cc2ccc(Cl)cc2)c2cc3c(cc21)OCO3. The second-order valence-corrected chi connectivity index (χ2v) is 5.76. The molecule has 1 N–H and O–H groups in total. The van der Waals surface area contributed by atoms with Crippen LogP contribution in [0.4, 0.5) is 5.69 Å². The third-order valence-corrected chi connectivity index (χ3v) is 4.15. The molecular formula is C17H14ClNO3. The van der Waals surface area contributed by atoms with Crippen molar-refractivity contribution in [3.63, 3.8) is 0 Å². The molecule has 2 aromatic carbocycles. The van der Waals surface area contributed by atoms with Crippen molar-refractivity contribution in [3.05, 3.63) is 58.6 Å². The Morgan fingerprint density at radius 1 is 1.09 bits per heavy atom. The van der Waals surface area contributed by atoms with Crippen LogP contribution in [0.5, 0.6) is 11.5 Å². The zero-order valence-corrected chi connectivity index (χ0v) is 12.5. The van der Waals surface area contributed by atoms with E-state index in [2.05, 4.69) is 4.90 Å². The summed E-state index contributed by atoms with van der Waals surface area (Å²) in [6.45, 7) is 1.59. The van der Waals surface area contributed by atoms with Crippen LogP contribution >= 0.6 is 11.6 Å². The highest BCUT2D eigenvalue weighted by Crippen LogP contribution is 2.42. The smallest absolute Gasteiger partial charge is 0.231 e. The first-order chi connectivity index (χ1) is 10.7. The molecule has 2 heterocycles. The van der Waals surface area contributed by atoms with E-state index in [9.17, 15) is 5.11 Å². The fourth-order valence-electron chi connectivity index (χ4n) is 2.76. The van der Waals surface area contributed by atoms with Gasteiger partial charge in [0.1, 0.15) is 5.76 Å². The highest BCUT2D eigenvalue weighted by molar-refractivity contribution is 6.30. The number of aliphatic hydroxyl groups excluding tert-OH is 1. The lowest BCUT2D eigenvalue weighted by atomic mass is 10.0. The third kappa shape index (κ3) is 2.25. The molecular weight excluding hydrogens is 302 g/mol. The normalized spacial score (nSPS) is 15.5. The Morgan fingerprint density at radius 3 is 2.59 bits per heavy atom. The lowest BCUT2D eigenvalue weighted by molar-refractivity contribution is 0.174. The van der Waals surface area contributed by atoms with Gasteiger partial charge in [0.25, 0.3) is 0 Å². The maximum Gasteiger partial charge on any atom is 0.231 e. The Kier molecular flexibility index (Phi) is 3.12. The molecule has 0 unspecified atom stereocenters. The predicted molar refractivity (Wildman–Crippen MR) is 85.7 cm³/mol. The first kappa shape index (κ1) is 13.3. The van der Waals surface area contributed by atoms with Crippen LogP contribution < -0.4 is 14.4 Å². The third-order valence-electron chi connectivity index (χ3n) is 3.90. The Morgan fingerprint density at radius 2 is 1.82 bits per heavy atom. The van der Waals surface area contributed by atoms with Crippen molar-refractivity contribution in [1.82, 2.24) is 0 Å². The average molecular weight is 316 g/mol. The zero-order chi connectivity index (χ0) is 15.1. The van der Waals surface area contributed by atoms with Gasteiger partial charge in [-0.1, -0.05) is 23.7 Å². The van der Waals surface area contributed by atoms with Crippen LogP contribution in [-0.4, -0.2) is 18.4 Å². The van der Waals surface area contributed by atoms with Crippen molar-refractivity contribution in [2.75, 3.05) is 18.2 Å². The Balaban J connectivity index is 1.70. The van der Waals surface area contributed by atoms with Crippen LogP contribution in [0.1, 0.15) is 11.1 Å². The van der Waals surface area contributed by atoms with E-state index in [1.54, 1.807) is 6.08 Å². The van der Waals surface area contributed by atoms with Gasteiger partial charge in [0.2, 0.25) is 6.79 Å². The van der Waals surface area contributed by atoms with Gasteiger partial charge in [-0.2, -0.15) is 0 Å². The molecule has 0 saturated carbocycles. The van der Waals surface area contributed by atoms with Gasteiger partial charge in [-0.3, -0.25) is 0 Å². The number of aliphatic hydroxyl groups is 1. The van der Waals surface area contributed by atoms with Gasteiger partial charge in [0.15, 0.2) is 11.5 Å². The zero-order valence-electron chi connectivity index (χ0n) is 11.8. The summed E-state index contributed by atoms with van der Waals surface area (Å²) < 4.78 is 10.8. The van der Waals surface area contributed by atoms with Crippen LogP contribution in [0, 0.1) is 0 Å². The van der Waals surface area contributed by atoms with E-state index >= 15 is 0 Å². The summed E-state index contributed by atoms with van der Waals surface area (Å²) >= 11 is 5.93. The second-order valence-electron chi connectivity index (χ2n) is 5.32. The molecule has 0 aliphatic carbocycles. The minimum atomic E-state index is 0.222. The Bertz CT molecular complexity index is 755. The molecule has 0 atom stereocenters. The molecule has 0 bridgehead atoms. The number of fused-ring (bicyclic) bond motifs is 2. The van der Waals surface area contributed by atoms with E-state index in [4.69, 9.17) is 21.1 Å². The maximum absolute atomic E-state index is 10.1. The number of ether oxygens (including phenoxy) is 2. The summed E-state index contributed by atoms with van der Waals surface area (Å²) in [5.74, 6) is 1.67. The molecule has 2 aliphatic rings. The molecule has 0 radical (unpaired) electrons. The van der Waals surface area contributed by atoms with Crippen LogP contribution in [0.25, 0.3) is 5.76 Å². The van der Waals surface area contributed by atoms with E-state index in [1.807, 2.05) is 36.4 Å². The second kappa shape index (κ2) is 5.14. The Labute approximate surface area is 133 Å². The summed E-state index contributed by atoms with van der Waals surface area (Å²) in [6.07, 6.45) is 1.81. The van der Waals surface area contributed by atoms with Crippen LogP contribution in [0.15, 0.2) is 42.5 Å². The molecule has 0 saturated heterocycles. The number of rotatable bonds is 2. The van der Waals surface area contributed by atoms with Crippen molar-refractivity contribution in [2.45, 2.75) is 6.54 Å². The number of nitrogens with zero attached hydrogens (tertiary/aromatic N) is 1. The predicted octanol–water partition coefficient (Wildman–Crippen LogP) is 3.99. The van der Waals surface area contributed by atoms with Gasteiger partial charge in [0.05, 0.1) is 5.69 Å². The number of benzene rings is 2. The quantitative estimate of drug-likeness (QED) is 0.910. The summed E-state index contributed by atoms with van der Waals surface area (Å²) in [7, 11) is 0. The molecule has 2 aromatic rings. The fraction of sp³-hybridized carbons (Fsp3) is 0.176. The van der Waals surface area contributed by atoms with Gasteiger partial charge in [-0.15, -0.1) is 0 Å². The van der Waals surface area contributed by atoms with E-state index < -0.39 is 0 Å². The van der Waals surface area contributed by atoms with Gasteiger partial charge >= 0.3 is 0 Å². The fourth-order valence-corrected chi connectivity index (χ4v) is 2.89. The molecule has 4 nitrogen and oxygen atoms in total. The molecule has 5 heteroatoms. The maximum atomic E-state index is 10.1. The average Bonchev–Trinajstić information content (AvgIpc) is 2.98. The van der Waals surface area contributed by atoms with Crippen molar-refractivity contribution in [2.24, 2.45) is 0 Å². The molecule has 22 heavy (non-hydrogen) atoms. The standard InChI is InChI=1S/C17H14ClNO3/c18-12-3-1-11(2-4-12)9-19-6-5-15(20)13-7-16-17(8-14(13)19)22-10-21-16/h1-5,7-8,20H,6,9-10H2. The van der Waals surface area contributed by atoms with Crippen LogP contribution in [0.2, 0.25) is 5.02 Å². The van der Waals surface area contributed by atoms with Gasteiger partial charge in [0, 0.05) is 29.7 Å². The summed E-state index contributed by atoms with van der Waals surface area (Å²) in [6, 6.07) is 11.5. The lowest BCUT2D eigenvalue weighted by Crippen LogP contribution is -2.26. The van der Waals surface area contributed by atoms with E-state index in [1.165, 1.54) is 0 Å². The molecule has 112 valence electrons. The first-order valence-corrected chi connectivity index (χ1v) is 7.41. The molecule has 0 spiro atoms. The van der Waals surface area contributed by atoms with Crippen LogP contribution in [0.3, 0.4) is 0 Å². The van der Waals surface area contributed by atoms with E-state index in [0.29, 0.717) is 12.3 Å². The van der Waals surface area contributed by atoms with Crippen molar-refractivity contribution < 1.29 is 14.6 Å². The number of hydrogen-bond acceptors (Lipinski definition) is 4. The monoisotopic (exact) mass is 315 g/mol. The summed E-state index contributed by atoms with van der Waals surface area (Å²) in [5.41, 5.74) is 2.87. The molecule has 2 aliphatic heterocycles. The number of anilines is 1. The topological polar surface area (TPSA) is 41.9 Å². The minimum absolute atomic E-state index is 0.222. The van der Waals surface area contributed by atoms with Crippen molar-refractivity contribution in [1.29, 1.82) is 0 Å². The van der Waals surface area contributed by atoms with Gasteiger partial charge in [-0.25, -0.2) is 0 Å².